The summed E-state index contributed by atoms with van der Waals surface area (Å²) in [5.41, 5.74) is 6.74. The van der Waals surface area contributed by atoms with Crippen LogP contribution in [-0.2, 0) is 6.16 Å². The minimum atomic E-state index is -0.0423. The lowest BCUT2D eigenvalue weighted by Crippen LogP contribution is -2.26. The molecule has 0 spiro atoms. The highest BCUT2D eigenvalue weighted by molar-refractivity contribution is 7.64. The van der Waals surface area contributed by atoms with Crippen molar-refractivity contribution in [3.05, 3.63) is 59.2 Å². The molecule has 5 unspecified atom stereocenters. The smallest absolute Gasteiger partial charge is 0.0158 e. The van der Waals surface area contributed by atoms with Crippen molar-refractivity contribution < 1.29 is 0 Å². The molecule has 1 aliphatic carbocycles. The van der Waals surface area contributed by atoms with Crippen LogP contribution in [0.1, 0.15) is 64.7 Å². The molecule has 1 fully saturated rings. The predicted octanol–water partition coefficient (Wildman–Crippen LogP) is 7.69. The average molecular weight is 384 g/mol. The molecule has 0 nitrogen and oxygen atoms in total. The maximum atomic E-state index is 2.52. The predicted molar refractivity (Wildman–Crippen MR) is 120 cm³/mol. The molecule has 0 amide bonds. The van der Waals surface area contributed by atoms with Crippen LogP contribution in [0.5, 0.6) is 0 Å². The van der Waals surface area contributed by atoms with E-state index in [9.17, 15) is 0 Å². The van der Waals surface area contributed by atoms with Crippen molar-refractivity contribution in [1.29, 1.82) is 0 Å². The number of hydrogen-bond acceptors (Lipinski definition) is 0. The van der Waals surface area contributed by atoms with E-state index in [2.05, 4.69) is 84.0 Å². The third-order valence-electron chi connectivity index (χ3n) is 6.48. The summed E-state index contributed by atoms with van der Waals surface area (Å²) in [4.78, 5) is 0. The van der Waals surface area contributed by atoms with E-state index in [1.807, 2.05) is 5.57 Å². The van der Waals surface area contributed by atoms with Crippen molar-refractivity contribution in [2.75, 3.05) is 6.16 Å². The third kappa shape index (κ3) is 3.16. The minimum Gasteiger partial charge on any atom is -0.0922 e. The van der Waals surface area contributed by atoms with E-state index in [0.717, 1.165) is 17.2 Å². The summed E-state index contributed by atoms with van der Waals surface area (Å²) < 4.78 is 0. The number of hydrogen-bond donors (Lipinski definition) is 0. The highest BCUT2D eigenvalue weighted by atomic mass is 31.1. The van der Waals surface area contributed by atoms with Crippen molar-refractivity contribution in [3.63, 3.8) is 0 Å². The number of allylic oxidation sites excluding steroid dienone is 4. The van der Waals surface area contributed by atoms with Crippen molar-refractivity contribution in [1.82, 2.24) is 0 Å². The first-order chi connectivity index (χ1) is 12.2. The lowest BCUT2D eigenvalue weighted by atomic mass is 9.88. The van der Waals surface area contributed by atoms with Crippen LogP contribution in [-0.4, -0.2) is 22.1 Å². The van der Waals surface area contributed by atoms with Crippen LogP contribution in [0.15, 0.2) is 48.1 Å². The Balaban J connectivity index is 1.85. The summed E-state index contributed by atoms with van der Waals surface area (Å²) >= 11 is 0. The van der Waals surface area contributed by atoms with Crippen LogP contribution < -0.4 is 0 Å². The van der Waals surface area contributed by atoms with Crippen LogP contribution in [0.3, 0.4) is 0 Å². The van der Waals surface area contributed by atoms with E-state index in [1.54, 1.807) is 11.1 Å². The fraction of sp³-hybridized carbons (Fsp3) is 0.583. The van der Waals surface area contributed by atoms with E-state index in [-0.39, 0.29) is 15.8 Å². The van der Waals surface area contributed by atoms with Crippen LogP contribution in [0, 0.1) is 5.92 Å². The van der Waals surface area contributed by atoms with Gasteiger partial charge in [0.1, 0.15) is 0 Å². The van der Waals surface area contributed by atoms with E-state index in [4.69, 9.17) is 0 Å². The minimum absolute atomic E-state index is 0.00122. The van der Waals surface area contributed by atoms with Gasteiger partial charge in [-0.25, -0.2) is 0 Å². The molecule has 1 aromatic rings. The van der Waals surface area contributed by atoms with Crippen molar-refractivity contribution in [3.8, 4) is 0 Å². The van der Waals surface area contributed by atoms with Crippen LogP contribution in [0.25, 0.3) is 0 Å². The Morgan fingerprint density at radius 1 is 0.885 bits per heavy atom. The Bertz CT molecular complexity index is 744. The summed E-state index contributed by atoms with van der Waals surface area (Å²) in [6.45, 7) is 15.0. The second kappa shape index (κ2) is 6.57. The largest absolute Gasteiger partial charge is 0.0922 e. The molecule has 2 heteroatoms. The Morgan fingerprint density at radius 2 is 1.58 bits per heavy atom. The SMILES string of the molecule is CC(C)(C)P1CC2CC=CC=C2C1C1c2ccccc2CP1C(C)(C)C. The van der Waals surface area contributed by atoms with Gasteiger partial charge in [0, 0.05) is 11.3 Å². The summed E-state index contributed by atoms with van der Waals surface area (Å²) in [5, 5.41) is 0.857. The Kier molecular flexibility index (Phi) is 4.77. The zero-order chi connectivity index (χ0) is 18.7. The molecule has 0 radical (unpaired) electrons. The molecule has 5 atom stereocenters. The van der Waals surface area contributed by atoms with E-state index in [0.29, 0.717) is 10.3 Å². The van der Waals surface area contributed by atoms with Gasteiger partial charge in [-0.1, -0.05) is 105 Å². The van der Waals surface area contributed by atoms with Gasteiger partial charge in [0.25, 0.3) is 0 Å². The normalized spacial score (nSPS) is 33.8. The summed E-state index contributed by atoms with van der Waals surface area (Å²) in [5.74, 6) is 0.819. The first-order valence-electron chi connectivity index (χ1n) is 10.2. The van der Waals surface area contributed by atoms with Crippen molar-refractivity contribution in [2.45, 2.75) is 75.8 Å². The molecule has 140 valence electrons. The van der Waals surface area contributed by atoms with Gasteiger partial charge in [0.15, 0.2) is 0 Å². The molecule has 1 aromatic carbocycles. The van der Waals surface area contributed by atoms with Gasteiger partial charge < -0.3 is 0 Å². The lowest BCUT2D eigenvalue weighted by Gasteiger charge is -2.42. The maximum Gasteiger partial charge on any atom is 0.0158 e. The molecular formula is C24H34P2. The molecule has 2 heterocycles. The highest BCUT2D eigenvalue weighted by Crippen LogP contribution is 2.77. The number of rotatable bonds is 1. The quantitative estimate of drug-likeness (QED) is 0.435. The average Bonchev–Trinajstić information content (AvgIpc) is 3.12. The zero-order valence-corrected chi connectivity index (χ0v) is 19.1. The monoisotopic (exact) mass is 384 g/mol. The van der Waals surface area contributed by atoms with Crippen molar-refractivity contribution in [2.24, 2.45) is 5.92 Å². The topological polar surface area (TPSA) is 0 Å². The second-order valence-electron chi connectivity index (χ2n) is 10.2. The molecule has 4 rings (SSSR count). The van der Waals surface area contributed by atoms with Gasteiger partial charge >= 0.3 is 0 Å². The summed E-state index contributed by atoms with van der Waals surface area (Å²) in [6.07, 6.45) is 11.3. The van der Waals surface area contributed by atoms with E-state index < -0.39 is 0 Å². The van der Waals surface area contributed by atoms with Gasteiger partial charge in [-0.3, -0.25) is 0 Å². The number of fused-ring (bicyclic) bond motifs is 2. The molecule has 0 saturated carbocycles. The Hall–Kier alpha value is -0.440. The Labute approximate surface area is 163 Å². The zero-order valence-electron chi connectivity index (χ0n) is 17.3. The van der Waals surface area contributed by atoms with Crippen LogP contribution in [0.2, 0.25) is 0 Å². The number of benzene rings is 1. The Morgan fingerprint density at radius 3 is 2.27 bits per heavy atom. The molecule has 3 aliphatic rings. The third-order valence-corrected chi connectivity index (χ3v) is 14.2. The van der Waals surface area contributed by atoms with E-state index >= 15 is 0 Å². The standard InChI is InChI=1S/C24H34P2/c1-23(2,3)25-15-17-11-7-9-13-19(17)21(25)22-20-14-10-8-12-18(20)16-26(22)24(4,5)6/h7-11,13-14,18,21-22H,12,15-16H2,1-6H3. The van der Waals surface area contributed by atoms with Gasteiger partial charge in [-0.05, 0) is 46.1 Å². The first-order valence-corrected chi connectivity index (χ1v) is 13.3. The van der Waals surface area contributed by atoms with E-state index in [1.165, 1.54) is 18.7 Å². The molecule has 26 heavy (non-hydrogen) atoms. The van der Waals surface area contributed by atoms with Gasteiger partial charge in [-0.2, -0.15) is 0 Å². The highest BCUT2D eigenvalue weighted by Gasteiger charge is 2.52. The fourth-order valence-corrected chi connectivity index (χ4v) is 13.0. The summed E-state index contributed by atoms with van der Waals surface area (Å²) in [7, 11) is -0.0435. The molecule has 2 aliphatic heterocycles. The molecule has 0 N–H and O–H groups in total. The maximum absolute atomic E-state index is 2.52. The fourth-order valence-electron chi connectivity index (χ4n) is 5.20. The molecule has 0 bridgehead atoms. The molecular weight excluding hydrogens is 350 g/mol. The first kappa shape index (κ1) is 18.9. The van der Waals surface area contributed by atoms with Crippen LogP contribution >= 0.6 is 15.8 Å². The molecule has 0 aromatic heterocycles. The van der Waals surface area contributed by atoms with Crippen LogP contribution in [0.4, 0.5) is 0 Å². The van der Waals surface area contributed by atoms with Gasteiger partial charge in [0.05, 0.1) is 0 Å². The van der Waals surface area contributed by atoms with Crippen molar-refractivity contribution >= 4 is 15.8 Å². The lowest BCUT2D eigenvalue weighted by molar-refractivity contribution is 0.681. The summed E-state index contributed by atoms with van der Waals surface area (Å²) in [6, 6.07) is 9.42. The van der Waals surface area contributed by atoms with Gasteiger partial charge in [0.2, 0.25) is 0 Å². The molecule has 1 saturated heterocycles. The van der Waals surface area contributed by atoms with Gasteiger partial charge in [-0.15, -0.1) is 0 Å². The second-order valence-corrected chi connectivity index (χ2v) is 16.6.